The smallest absolute Gasteiger partial charge is 0.146 e. The molecule has 0 aliphatic rings. The summed E-state index contributed by atoms with van der Waals surface area (Å²) < 4.78 is 5.39. The summed E-state index contributed by atoms with van der Waals surface area (Å²) in [7, 11) is 1.64. The zero-order valence-electron chi connectivity index (χ0n) is 12.9. The van der Waals surface area contributed by atoms with Crippen LogP contribution in [0, 0.1) is 0 Å². The second kappa shape index (κ2) is 4.83. The summed E-state index contributed by atoms with van der Waals surface area (Å²) >= 11 is 0. The summed E-state index contributed by atoms with van der Waals surface area (Å²) in [5.74, 6) is 0.714. The van der Waals surface area contributed by atoms with Gasteiger partial charge >= 0.3 is 0 Å². The fourth-order valence-corrected chi connectivity index (χ4v) is 2.98. The number of hydrogen-bond acceptors (Lipinski definition) is 5. The normalized spacial score (nSPS) is 11.5. The Morgan fingerprint density at radius 3 is 1.83 bits per heavy atom. The molecule has 0 N–H and O–H groups in total. The average Bonchev–Trinajstić information content (AvgIpc) is 2.64. The maximum atomic E-state index is 5.39. The molecule has 0 bridgehead atoms. The molecule has 114 valence electrons. The predicted octanol–water partition coefficient (Wildman–Crippen LogP) is 3.89. The summed E-state index contributed by atoms with van der Waals surface area (Å²) in [6.45, 7) is 0. The zero-order valence-corrected chi connectivity index (χ0v) is 12.9. The van der Waals surface area contributed by atoms with E-state index in [1.807, 2.05) is 54.6 Å². The number of fused-ring (bicyclic) bond motifs is 5. The molecule has 24 heavy (non-hydrogen) atoms. The number of nitrogens with zero attached hydrogens (tertiary/aromatic N) is 4. The number of benzene rings is 3. The molecule has 0 unspecified atom stereocenters. The highest BCUT2D eigenvalue weighted by molar-refractivity contribution is 6.04. The lowest BCUT2D eigenvalue weighted by molar-refractivity contribution is 0.419. The fourth-order valence-electron chi connectivity index (χ4n) is 2.98. The molecule has 0 amide bonds. The lowest BCUT2D eigenvalue weighted by Crippen LogP contribution is -1.94. The summed E-state index contributed by atoms with van der Waals surface area (Å²) in [6.07, 6.45) is 0. The van der Waals surface area contributed by atoms with Gasteiger partial charge in [-0.3, -0.25) is 0 Å². The highest BCUT2D eigenvalue weighted by atomic mass is 16.5. The molecule has 0 spiro atoms. The lowest BCUT2D eigenvalue weighted by atomic mass is 10.2. The standard InChI is InChI=1S/C19H12N4O/c1-24-16-8-4-7-13-17(16)22-15-10-9-14-18(19(15)23-13)21-12-6-3-2-5-11(12)20-14/h2-10H,1H3. The molecule has 5 aromatic rings. The Labute approximate surface area is 137 Å². The van der Waals surface area contributed by atoms with Gasteiger partial charge in [-0.1, -0.05) is 18.2 Å². The maximum Gasteiger partial charge on any atom is 0.146 e. The van der Waals surface area contributed by atoms with Gasteiger partial charge in [0.25, 0.3) is 0 Å². The first-order chi connectivity index (χ1) is 11.8. The van der Waals surface area contributed by atoms with Gasteiger partial charge in [-0.2, -0.15) is 0 Å². The highest BCUT2D eigenvalue weighted by Crippen LogP contribution is 2.28. The van der Waals surface area contributed by atoms with Crippen molar-refractivity contribution in [1.82, 2.24) is 19.9 Å². The minimum Gasteiger partial charge on any atom is -0.494 e. The van der Waals surface area contributed by atoms with E-state index >= 15 is 0 Å². The molecule has 0 aliphatic heterocycles. The summed E-state index contributed by atoms with van der Waals surface area (Å²) in [4.78, 5) is 18.9. The first kappa shape index (κ1) is 13.1. The van der Waals surface area contributed by atoms with E-state index < -0.39 is 0 Å². The molecule has 0 radical (unpaired) electrons. The van der Waals surface area contributed by atoms with Crippen molar-refractivity contribution in [2.75, 3.05) is 7.11 Å². The van der Waals surface area contributed by atoms with Crippen molar-refractivity contribution < 1.29 is 4.74 Å². The highest BCUT2D eigenvalue weighted by Gasteiger charge is 2.11. The molecule has 2 aromatic heterocycles. The molecule has 0 saturated carbocycles. The van der Waals surface area contributed by atoms with E-state index in [0.717, 1.165) is 44.1 Å². The van der Waals surface area contributed by atoms with E-state index in [4.69, 9.17) is 19.7 Å². The van der Waals surface area contributed by atoms with Crippen molar-refractivity contribution >= 4 is 44.1 Å². The third-order valence-corrected chi connectivity index (χ3v) is 4.13. The van der Waals surface area contributed by atoms with Crippen molar-refractivity contribution in [3.8, 4) is 5.75 Å². The minimum atomic E-state index is 0.714. The SMILES string of the molecule is COc1cccc2nc3c(ccc4nc5ccccc5nc43)nc12. The van der Waals surface area contributed by atoms with Gasteiger partial charge in [-0.15, -0.1) is 0 Å². The Morgan fingerprint density at radius 2 is 1.08 bits per heavy atom. The van der Waals surface area contributed by atoms with Crippen molar-refractivity contribution in [1.29, 1.82) is 0 Å². The van der Waals surface area contributed by atoms with Gasteiger partial charge in [0.2, 0.25) is 0 Å². The van der Waals surface area contributed by atoms with E-state index in [9.17, 15) is 0 Å². The number of para-hydroxylation sites is 3. The number of ether oxygens (including phenoxy) is 1. The van der Waals surface area contributed by atoms with Gasteiger partial charge < -0.3 is 4.74 Å². The lowest BCUT2D eigenvalue weighted by Gasteiger charge is -2.07. The number of methoxy groups -OCH3 is 1. The summed E-state index contributed by atoms with van der Waals surface area (Å²) in [5, 5.41) is 0. The third kappa shape index (κ3) is 1.81. The van der Waals surface area contributed by atoms with Gasteiger partial charge in [0.15, 0.2) is 0 Å². The van der Waals surface area contributed by atoms with Crippen LogP contribution in [0.1, 0.15) is 0 Å². The molecule has 0 atom stereocenters. The molecule has 0 saturated heterocycles. The van der Waals surface area contributed by atoms with Crippen LogP contribution in [0.2, 0.25) is 0 Å². The zero-order chi connectivity index (χ0) is 16.1. The molecule has 2 heterocycles. The van der Waals surface area contributed by atoms with E-state index in [-0.39, 0.29) is 0 Å². The van der Waals surface area contributed by atoms with Gasteiger partial charge in [-0.25, -0.2) is 19.9 Å². The largest absolute Gasteiger partial charge is 0.494 e. The molecular formula is C19H12N4O. The molecule has 0 fully saturated rings. The molecular weight excluding hydrogens is 300 g/mol. The van der Waals surface area contributed by atoms with Crippen LogP contribution in [0.4, 0.5) is 0 Å². The van der Waals surface area contributed by atoms with Gasteiger partial charge in [-0.05, 0) is 36.4 Å². The number of aromatic nitrogens is 4. The van der Waals surface area contributed by atoms with Crippen molar-refractivity contribution in [3.05, 3.63) is 54.6 Å². The summed E-state index contributed by atoms with van der Waals surface area (Å²) in [6, 6.07) is 17.4. The fraction of sp³-hybridized carbons (Fsp3) is 0.0526. The van der Waals surface area contributed by atoms with Crippen LogP contribution in [0.15, 0.2) is 54.6 Å². The molecule has 0 aliphatic carbocycles. The Morgan fingerprint density at radius 1 is 0.542 bits per heavy atom. The predicted molar refractivity (Wildman–Crippen MR) is 94.2 cm³/mol. The van der Waals surface area contributed by atoms with Crippen LogP contribution in [-0.4, -0.2) is 27.0 Å². The number of hydrogen-bond donors (Lipinski definition) is 0. The van der Waals surface area contributed by atoms with E-state index in [1.54, 1.807) is 7.11 Å². The monoisotopic (exact) mass is 312 g/mol. The van der Waals surface area contributed by atoms with Crippen molar-refractivity contribution in [3.63, 3.8) is 0 Å². The Bertz CT molecular complexity index is 1250. The average molecular weight is 312 g/mol. The van der Waals surface area contributed by atoms with E-state index in [1.165, 1.54) is 0 Å². The minimum absolute atomic E-state index is 0.714. The van der Waals surface area contributed by atoms with Crippen LogP contribution in [-0.2, 0) is 0 Å². The van der Waals surface area contributed by atoms with E-state index in [2.05, 4.69) is 4.98 Å². The Kier molecular flexibility index (Phi) is 2.64. The molecule has 3 aromatic carbocycles. The molecule has 5 rings (SSSR count). The van der Waals surface area contributed by atoms with Gasteiger partial charge in [0.05, 0.1) is 34.7 Å². The van der Waals surface area contributed by atoms with Crippen molar-refractivity contribution in [2.24, 2.45) is 0 Å². The van der Waals surface area contributed by atoms with Gasteiger partial charge in [0, 0.05) is 0 Å². The Hall–Kier alpha value is -3.34. The van der Waals surface area contributed by atoms with Crippen LogP contribution >= 0.6 is 0 Å². The van der Waals surface area contributed by atoms with Gasteiger partial charge in [0.1, 0.15) is 22.3 Å². The topological polar surface area (TPSA) is 60.8 Å². The second-order valence-corrected chi connectivity index (χ2v) is 5.56. The van der Waals surface area contributed by atoms with Crippen LogP contribution in [0.3, 0.4) is 0 Å². The van der Waals surface area contributed by atoms with Crippen LogP contribution in [0.25, 0.3) is 44.1 Å². The maximum absolute atomic E-state index is 5.39. The first-order valence-electron chi connectivity index (χ1n) is 7.63. The first-order valence-corrected chi connectivity index (χ1v) is 7.63. The van der Waals surface area contributed by atoms with E-state index in [0.29, 0.717) is 5.75 Å². The quantitative estimate of drug-likeness (QED) is 0.347. The molecule has 5 nitrogen and oxygen atoms in total. The third-order valence-electron chi connectivity index (χ3n) is 4.13. The second-order valence-electron chi connectivity index (χ2n) is 5.56. The van der Waals surface area contributed by atoms with Crippen molar-refractivity contribution in [2.45, 2.75) is 0 Å². The summed E-state index contributed by atoms with van der Waals surface area (Å²) in [5.41, 5.74) is 6.38. The number of rotatable bonds is 1. The van der Waals surface area contributed by atoms with Crippen LogP contribution in [0.5, 0.6) is 5.75 Å². The molecule has 5 heteroatoms. The Balaban J connectivity index is 1.95. The van der Waals surface area contributed by atoms with Crippen LogP contribution < -0.4 is 4.74 Å².